The van der Waals surface area contributed by atoms with Crippen molar-refractivity contribution in [2.75, 3.05) is 5.88 Å². The second kappa shape index (κ2) is 5.82. The second-order valence-electron chi connectivity index (χ2n) is 3.78. The molecule has 2 heteroatoms. The molecule has 1 N–H and O–H groups in total. The zero-order valence-corrected chi connectivity index (χ0v) is 9.19. The maximum absolute atomic E-state index is 9.67. The van der Waals surface area contributed by atoms with Crippen molar-refractivity contribution in [1.82, 2.24) is 0 Å². The minimum Gasteiger partial charge on any atom is -0.391 e. The van der Waals surface area contributed by atoms with Gasteiger partial charge in [-0.05, 0) is 18.3 Å². The molecule has 0 spiro atoms. The highest BCUT2D eigenvalue weighted by molar-refractivity contribution is 6.18. The van der Waals surface area contributed by atoms with E-state index >= 15 is 0 Å². The third-order valence-electron chi connectivity index (χ3n) is 2.86. The van der Waals surface area contributed by atoms with Gasteiger partial charge in [-0.2, -0.15) is 0 Å². The molecule has 0 aliphatic heterocycles. The van der Waals surface area contributed by atoms with Crippen molar-refractivity contribution < 1.29 is 5.11 Å². The minimum atomic E-state index is -0.351. The van der Waals surface area contributed by atoms with Crippen LogP contribution in [0.5, 0.6) is 0 Å². The van der Waals surface area contributed by atoms with Crippen LogP contribution in [0.2, 0.25) is 0 Å². The fourth-order valence-corrected chi connectivity index (χ4v) is 1.72. The molecule has 0 radical (unpaired) electrons. The van der Waals surface area contributed by atoms with E-state index in [0.29, 0.717) is 5.88 Å². The van der Waals surface area contributed by atoms with Gasteiger partial charge in [0.25, 0.3) is 0 Å². The summed E-state index contributed by atoms with van der Waals surface area (Å²) in [6.45, 7) is 6.41. The van der Waals surface area contributed by atoms with E-state index < -0.39 is 0 Å². The molecule has 2 atom stereocenters. The van der Waals surface area contributed by atoms with Crippen LogP contribution in [0, 0.1) is 5.41 Å². The lowest BCUT2D eigenvalue weighted by atomic mass is 9.78. The van der Waals surface area contributed by atoms with Gasteiger partial charge in [0.05, 0.1) is 6.10 Å². The Balaban J connectivity index is 4.03. The second-order valence-corrected chi connectivity index (χ2v) is 4.09. The van der Waals surface area contributed by atoms with Gasteiger partial charge in [-0.3, -0.25) is 0 Å². The quantitative estimate of drug-likeness (QED) is 0.641. The summed E-state index contributed by atoms with van der Waals surface area (Å²) in [4.78, 5) is 0. The van der Waals surface area contributed by atoms with Crippen LogP contribution in [0.4, 0.5) is 0 Å². The molecule has 74 valence electrons. The lowest BCUT2D eigenvalue weighted by molar-refractivity contribution is 0.0435. The minimum absolute atomic E-state index is 0.0256. The van der Waals surface area contributed by atoms with Crippen LogP contribution in [0.3, 0.4) is 0 Å². The SMILES string of the molecule is CCCCC(C)(CC)[C@H](O)CCl. The van der Waals surface area contributed by atoms with Crippen LogP contribution in [-0.2, 0) is 0 Å². The molecule has 0 saturated carbocycles. The average molecular weight is 193 g/mol. The lowest BCUT2D eigenvalue weighted by Gasteiger charge is -2.32. The molecule has 12 heavy (non-hydrogen) atoms. The van der Waals surface area contributed by atoms with Crippen molar-refractivity contribution in [2.24, 2.45) is 5.41 Å². The number of aliphatic hydroxyl groups excluding tert-OH is 1. The number of aliphatic hydroxyl groups is 1. The van der Waals surface area contributed by atoms with E-state index in [0.717, 1.165) is 12.8 Å². The van der Waals surface area contributed by atoms with Crippen LogP contribution in [0.15, 0.2) is 0 Å². The number of alkyl halides is 1. The summed E-state index contributed by atoms with van der Waals surface area (Å²) in [7, 11) is 0. The first-order chi connectivity index (χ1) is 5.60. The Morgan fingerprint density at radius 2 is 2.00 bits per heavy atom. The van der Waals surface area contributed by atoms with Gasteiger partial charge in [0, 0.05) is 5.88 Å². The van der Waals surface area contributed by atoms with E-state index in [1.165, 1.54) is 12.8 Å². The van der Waals surface area contributed by atoms with Gasteiger partial charge >= 0.3 is 0 Å². The monoisotopic (exact) mass is 192 g/mol. The van der Waals surface area contributed by atoms with Gasteiger partial charge in [0.2, 0.25) is 0 Å². The van der Waals surface area contributed by atoms with E-state index in [1.807, 2.05) is 0 Å². The molecule has 0 heterocycles. The van der Waals surface area contributed by atoms with E-state index in [1.54, 1.807) is 0 Å². The molecule has 0 aliphatic rings. The summed E-state index contributed by atoms with van der Waals surface area (Å²) in [5, 5.41) is 9.67. The van der Waals surface area contributed by atoms with Crippen molar-refractivity contribution >= 4 is 11.6 Å². The molecule has 0 amide bonds. The Labute approximate surface area is 81.1 Å². The average Bonchev–Trinajstić information content (AvgIpc) is 2.12. The Kier molecular flexibility index (Phi) is 5.94. The molecule has 1 nitrogen and oxygen atoms in total. The Bertz CT molecular complexity index is 116. The number of hydrogen-bond acceptors (Lipinski definition) is 1. The van der Waals surface area contributed by atoms with Crippen LogP contribution in [-0.4, -0.2) is 17.1 Å². The molecule has 0 fully saturated rings. The molecule has 0 saturated heterocycles. The topological polar surface area (TPSA) is 20.2 Å². The molecule has 0 aromatic heterocycles. The van der Waals surface area contributed by atoms with Crippen LogP contribution in [0.1, 0.15) is 46.5 Å². The summed E-state index contributed by atoms with van der Waals surface area (Å²) >= 11 is 5.64. The fraction of sp³-hybridized carbons (Fsp3) is 1.00. The van der Waals surface area contributed by atoms with E-state index in [-0.39, 0.29) is 11.5 Å². The zero-order chi connectivity index (χ0) is 9.61. The first kappa shape index (κ1) is 12.2. The highest BCUT2D eigenvalue weighted by Crippen LogP contribution is 2.32. The van der Waals surface area contributed by atoms with E-state index in [4.69, 9.17) is 11.6 Å². The highest BCUT2D eigenvalue weighted by Gasteiger charge is 2.29. The largest absolute Gasteiger partial charge is 0.391 e. The molecule has 1 unspecified atom stereocenters. The van der Waals surface area contributed by atoms with E-state index in [9.17, 15) is 5.11 Å². The summed E-state index contributed by atoms with van der Waals surface area (Å²) < 4.78 is 0. The maximum atomic E-state index is 9.67. The smallest absolute Gasteiger partial charge is 0.0728 e. The first-order valence-corrected chi connectivity index (χ1v) is 5.38. The summed E-state index contributed by atoms with van der Waals surface area (Å²) in [5.74, 6) is 0.355. The van der Waals surface area contributed by atoms with Gasteiger partial charge < -0.3 is 5.11 Å². The predicted molar refractivity (Wildman–Crippen MR) is 54.6 cm³/mol. The van der Waals surface area contributed by atoms with Crippen LogP contribution in [0.25, 0.3) is 0 Å². The molecule has 0 bridgehead atoms. The predicted octanol–water partition coefficient (Wildman–Crippen LogP) is 3.19. The number of rotatable bonds is 6. The molecular weight excluding hydrogens is 172 g/mol. The Morgan fingerprint density at radius 1 is 1.42 bits per heavy atom. The van der Waals surface area contributed by atoms with E-state index in [2.05, 4.69) is 20.8 Å². The molecule has 0 rings (SSSR count). The molecule has 0 aromatic rings. The molecular formula is C10H21ClO. The van der Waals surface area contributed by atoms with Crippen LogP contribution < -0.4 is 0 Å². The van der Waals surface area contributed by atoms with Gasteiger partial charge in [0.1, 0.15) is 0 Å². The number of unbranched alkanes of at least 4 members (excludes halogenated alkanes) is 1. The van der Waals surface area contributed by atoms with Crippen molar-refractivity contribution in [3.63, 3.8) is 0 Å². The van der Waals surface area contributed by atoms with Gasteiger partial charge in [0.15, 0.2) is 0 Å². The normalized spacial score (nSPS) is 18.8. The maximum Gasteiger partial charge on any atom is 0.0728 e. The van der Waals surface area contributed by atoms with Gasteiger partial charge in [-0.25, -0.2) is 0 Å². The van der Waals surface area contributed by atoms with Crippen molar-refractivity contribution in [1.29, 1.82) is 0 Å². The summed E-state index contributed by atoms with van der Waals surface area (Å²) in [6.07, 6.45) is 4.09. The lowest BCUT2D eigenvalue weighted by Crippen LogP contribution is -2.33. The van der Waals surface area contributed by atoms with Gasteiger partial charge in [-0.1, -0.05) is 33.6 Å². The molecule has 0 aromatic carbocycles. The Morgan fingerprint density at radius 3 is 2.33 bits per heavy atom. The number of halogens is 1. The van der Waals surface area contributed by atoms with Crippen molar-refractivity contribution in [3.8, 4) is 0 Å². The third kappa shape index (κ3) is 3.32. The number of hydrogen-bond donors (Lipinski definition) is 1. The highest BCUT2D eigenvalue weighted by atomic mass is 35.5. The third-order valence-corrected chi connectivity index (χ3v) is 3.15. The molecule has 0 aliphatic carbocycles. The summed E-state index contributed by atoms with van der Waals surface area (Å²) in [6, 6.07) is 0. The summed E-state index contributed by atoms with van der Waals surface area (Å²) in [5.41, 5.74) is 0.0256. The Hall–Kier alpha value is 0.250. The fourth-order valence-electron chi connectivity index (χ4n) is 1.35. The first-order valence-electron chi connectivity index (χ1n) is 4.84. The van der Waals surface area contributed by atoms with Gasteiger partial charge in [-0.15, -0.1) is 11.6 Å². The zero-order valence-electron chi connectivity index (χ0n) is 8.44. The standard InChI is InChI=1S/C10H21ClO/c1-4-6-7-10(3,5-2)9(12)8-11/h9,12H,4-8H2,1-3H3/t9-,10?/m1/s1. The van der Waals surface area contributed by atoms with Crippen molar-refractivity contribution in [3.05, 3.63) is 0 Å². The van der Waals surface area contributed by atoms with Crippen LogP contribution >= 0.6 is 11.6 Å². The van der Waals surface area contributed by atoms with Crippen molar-refractivity contribution in [2.45, 2.75) is 52.6 Å².